The predicted octanol–water partition coefficient (Wildman–Crippen LogP) is -0.122. The van der Waals surface area contributed by atoms with Gasteiger partial charge >= 0.3 is 5.97 Å². The second-order valence-electron chi connectivity index (χ2n) is 4.66. The Hall–Kier alpha value is -1.65. The van der Waals surface area contributed by atoms with Crippen LogP contribution in [0.3, 0.4) is 0 Å². The fraction of sp³-hybridized carbons (Fsp3) is 0.545. The molecule has 1 saturated heterocycles. The summed E-state index contributed by atoms with van der Waals surface area (Å²) in [7, 11) is 0. The van der Waals surface area contributed by atoms with E-state index in [4.69, 9.17) is 5.11 Å². The molecule has 0 spiro atoms. The summed E-state index contributed by atoms with van der Waals surface area (Å²) in [4.78, 5) is 35.4. The average Bonchev–Trinajstić information content (AvgIpc) is 2.87. The predicted molar refractivity (Wildman–Crippen MR) is 52.1 cm³/mol. The van der Waals surface area contributed by atoms with Gasteiger partial charge in [-0.05, 0) is 18.3 Å². The minimum absolute atomic E-state index is 0.144. The zero-order valence-electron chi connectivity index (χ0n) is 8.50. The quantitative estimate of drug-likeness (QED) is 0.521. The fourth-order valence-electron chi connectivity index (χ4n) is 3.26. The number of allylic oxidation sites excluding steroid dienone is 2. The van der Waals surface area contributed by atoms with Gasteiger partial charge in [0.15, 0.2) is 0 Å². The van der Waals surface area contributed by atoms with E-state index in [1.165, 1.54) is 0 Å². The highest BCUT2D eigenvalue weighted by molar-refractivity contribution is 6.08. The van der Waals surface area contributed by atoms with Gasteiger partial charge in [-0.3, -0.25) is 19.3 Å². The van der Waals surface area contributed by atoms with Crippen molar-refractivity contribution < 1.29 is 19.5 Å². The largest absolute Gasteiger partial charge is 0.480 e. The highest BCUT2D eigenvalue weighted by Gasteiger charge is 2.59. The lowest BCUT2D eigenvalue weighted by Crippen LogP contribution is -2.37. The van der Waals surface area contributed by atoms with Gasteiger partial charge < -0.3 is 5.11 Å². The molecule has 84 valence electrons. The second kappa shape index (κ2) is 2.93. The van der Waals surface area contributed by atoms with E-state index >= 15 is 0 Å². The molecular weight excluding hydrogens is 210 g/mol. The second-order valence-corrected chi connectivity index (χ2v) is 4.66. The number of hydrogen-bond donors (Lipinski definition) is 1. The van der Waals surface area contributed by atoms with Gasteiger partial charge in [0.25, 0.3) is 0 Å². The standard InChI is InChI=1S/C11H11NO4/c13-7(14)4-12-10(15)8-5-1-2-6(3-5)9(8)11(12)16/h1-2,5-6,8-9H,3-4H2,(H,13,14)/t5-,6-,8+,9+/m1/s1. The number of rotatable bonds is 2. The molecule has 1 aliphatic heterocycles. The van der Waals surface area contributed by atoms with Gasteiger partial charge in [0.1, 0.15) is 6.54 Å². The lowest BCUT2D eigenvalue weighted by atomic mass is 9.85. The Kier molecular flexibility index (Phi) is 1.75. The first-order chi connectivity index (χ1) is 7.59. The molecule has 3 rings (SSSR count). The van der Waals surface area contributed by atoms with Crippen LogP contribution in [-0.2, 0) is 14.4 Å². The zero-order chi connectivity index (χ0) is 11.4. The monoisotopic (exact) mass is 221 g/mol. The maximum Gasteiger partial charge on any atom is 0.323 e. The molecule has 3 aliphatic rings. The summed E-state index contributed by atoms with van der Waals surface area (Å²) >= 11 is 0. The van der Waals surface area contributed by atoms with Crippen LogP contribution in [-0.4, -0.2) is 34.3 Å². The van der Waals surface area contributed by atoms with Gasteiger partial charge in [-0.2, -0.15) is 0 Å². The number of aliphatic carboxylic acids is 1. The van der Waals surface area contributed by atoms with E-state index in [2.05, 4.69) is 0 Å². The van der Waals surface area contributed by atoms with Crippen LogP contribution in [0.15, 0.2) is 12.2 Å². The third-order valence-electron chi connectivity index (χ3n) is 3.86. The third kappa shape index (κ3) is 1.03. The van der Waals surface area contributed by atoms with E-state index in [0.717, 1.165) is 11.3 Å². The summed E-state index contributed by atoms with van der Waals surface area (Å²) < 4.78 is 0. The van der Waals surface area contributed by atoms with Crippen molar-refractivity contribution in [2.45, 2.75) is 6.42 Å². The number of amides is 2. The van der Waals surface area contributed by atoms with Gasteiger partial charge in [0, 0.05) is 0 Å². The van der Waals surface area contributed by atoms with Crippen LogP contribution < -0.4 is 0 Å². The van der Waals surface area contributed by atoms with Gasteiger partial charge in [0.05, 0.1) is 11.8 Å². The molecule has 0 radical (unpaired) electrons. The number of fused-ring (bicyclic) bond motifs is 5. The van der Waals surface area contributed by atoms with Crippen LogP contribution in [0.5, 0.6) is 0 Å². The zero-order valence-corrected chi connectivity index (χ0v) is 8.50. The normalized spacial score (nSPS) is 39.6. The maximum absolute atomic E-state index is 11.9. The molecule has 0 aromatic rings. The van der Waals surface area contributed by atoms with Crippen molar-refractivity contribution in [3.05, 3.63) is 12.2 Å². The van der Waals surface area contributed by atoms with Crippen molar-refractivity contribution in [2.75, 3.05) is 6.54 Å². The SMILES string of the molecule is O=C(O)CN1C(=O)[C@@H]2[C@@H](C1=O)[C@@H]1C=C[C@@H]2C1. The molecule has 2 aliphatic carbocycles. The Labute approximate surface area is 91.7 Å². The molecule has 0 aromatic heterocycles. The van der Waals surface area contributed by atoms with Crippen molar-refractivity contribution >= 4 is 17.8 Å². The number of likely N-dealkylation sites (tertiary alicyclic amines) is 1. The third-order valence-corrected chi connectivity index (χ3v) is 3.86. The topological polar surface area (TPSA) is 74.7 Å². The van der Waals surface area contributed by atoms with Crippen LogP contribution in [0.2, 0.25) is 0 Å². The molecule has 1 N–H and O–H groups in total. The van der Waals surface area contributed by atoms with Crippen molar-refractivity contribution in [1.82, 2.24) is 4.90 Å². The summed E-state index contributed by atoms with van der Waals surface area (Å²) in [5.74, 6) is -2.02. The molecule has 2 fully saturated rings. The molecule has 16 heavy (non-hydrogen) atoms. The first kappa shape index (κ1) is 9.57. The van der Waals surface area contributed by atoms with Gasteiger partial charge in [-0.15, -0.1) is 0 Å². The van der Waals surface area contributed by atoms with Gasteiger partial charge in [-0.25, -0.2) is 0 Å². The molecule has 2 bridgehead atoms. The number of imide groups is 1. The summed E-state index contributed by atoms with van der Waals surface area (Å²) in [6.45, 7) is -0.496. The summed E-state index contributed by atoms with van der Waals surface area (Å²) in [5, 5.41) is 8.66. The first-order valence-electron chi connectivity index (χ1n) is 5.35. The van der Waals surface area contributed by atoms with E-state index < -0.39 is 12.5 Å². The van der Waals surface area contributed by atoms with Gasteiger partial charge in [0.2, 0.25) is 11.8 Å². The van der Waals surface area contributed by atoms with E-state index in [1.807, 2.05) is 12.2 Å². The Morgan fingerprint density at radius 3 is 2.19 bits per heavy atom. The minimum atomic E-state index is -1.14. The molecule has 5 nitrogen and oxygen atoms in total. The van der Waals surface area contributed by atoms with E-state index in [-0.39, 0.29) is 35.5 Å². The number of hydrogen-bond acceptors (Lipinski definition) is 3. The highest BCUT2D eigenvalue weighted by atomic mass is 16.4. The number of carboxylic acid groups (broad SMARTS) is 1. The van der Waals surface area contributed by atoms with E-state index in [0.29, 0.717) is 0 Å². The fourth-order valence-corrected chi connectivity index (χ4v) is 3.26. The highest BCUT2D eigenvalue weighted by Crippen LogP contribution is 2.52. The van der Waals surface area contributed by atoms with Crippen LogP contribution in [0.1, 0.15) is 6.42 Å². The lowest BCUT2D eigenvalue weighted by Gasteiger charge is -2.14. The van der Waals surface area contributed by atoms with Gasteiger partial charge in [-0.1, -0.05) is 12.2 Å². The molecule has 0 unspecified atom stereocenters. The van der Waals surface area contributed by atoms with Crippen LogP contribution in [0, 0.1) is 23.7 Å². The van der Waals surface area contributed by atoms with Crippen LogP contribution >= 0.6 is 0 Å². The van der Waals surface area contributed by atoms with Crippen molar-refractivity contribution in [2.24, 2.45) is 23.7 Å². The molecule has 1 heterocycles. The minimum Gasteiger partial charge on any atom is -0.480 e. The van der Waals surface area contributed by atoms with Crippen molar-refractivity contribution in [1.29, 1.82) is 0 Å². The molecule has 1 saturated carbocycles. The number of carboxylic acids is 1. The van der Waals surface area contributed by atoms with E-state index in [9.17, 15) is 14.4 Å². The molecule has 4 atom stereocenters. The Morgan fingerprint density at radius 2 is 1.75 bits per heavy atom. The van der Waals surface area contributed by atoms with Crippen molar-refractivity contribution in [3.8, 4) is 0 Å². The van der Waals surface area contributed by atoms with E-state index in [1.54, 1.807) is 0 Å². The Bertz CT molecular complexity index is 398. The Balaban J connectivity index is 1.91. The maximum atomic E-state index is 11.9. The van der Waals surface area contributed by atoms with Crippen molar-refractivity contribution in [3.63, 3.8) is 0 Å². The molecule has 2 amide bonds. The number of nitrogens with zero attached hydrogens (tertiary/aromatic N) is 1. The Morgan fingerprint density at radius 1 is 1.25 bits per heavy atom. The molecular formula is C11H11NO4. The number of carbonyl (C=O) groups excluding carboxylic acids is 2. The average molecular weight is 221 g/mol. The molecule has 0 aromatic carbocycles. The number of carbonyl (C=O) groups is 3. The van der Waals surface area contributed by atoms with Crippen LogP contribution in [0.4, 0.5) is 0 Å². The summed E-state index contributed by atoms with van der Waals surface area (Å²) in [6, 6.07) is 0. The lowest BCUT2D eigenvalue weighted by molar-refractivity contribution is -0.149. The van der Waals surface area contributed by atoms with Crippen LogP contribution in [0.25, 0.3) is 0 Å². The smallest absolute Gasteiger partial charge is 0.323 e. The summed E-state index contributed by atoms with van der Waals surface area (Å²) in [6.07, 6.45) is 4.84. The first-order valence-corrected chi connectivity index (χ1v) is 5.35. The molecule has 5 heteroatoms. The summed E-state index contributed by atoms with van der Waals surface area (Å²) in [5.41, 5.74) is 0.